The summed E-state index contributed by atoms with van der Waals surface area (Å²) in [7, 11) is 1.61. The first-order valence-corrected chi connectivity index (χ1v) is 9.21. The van der Waals surface area contributed by atoms with E-state index in [2.05, 4.69) is 5.10 Å². The van der Waals surface area contributed by atoms with Crippen molar-refractivity contribution in [2.24, 2.45) is 0 Å². The number of carboxylic acid groups (broad SMARTS) is 1. The van der Waals surface area contributed by atoms with E-state index in [-0.39, 0.29) is 24.9 Å². The van der Waals surface area contributed by atoms with Gasteiger partial charge >= 0.3 is 5.97 Å². The summed E-state index contributed by atoms with van der Waals surface area (Å²) in [5, 5.41) is 14.0. The van der Waals surface area contributed by atoms with Crippen molar-refractivity contribution in [3.05, 3.63) is 47.7 Å². The van der Waals surface area contributed by atoms with Crippen LogP contribution in [0.4, 0.5) is 0 Å². The van der Waals surface area contributed by atoms with Crippen LogP contribution in [0.5, 0.6) is 0 Å². The lowest BCUT2D eigenvalue weighted by atomic mass is 10.0. The molecule has 7 nitrogen and oxygen atoms in total. The number of pyridine rings is 1. The zero-order chi connectivity index (χ0) is 20.4. The van der Waals surface area contributed by atoms with Crippen molar-refractivity contribution in [1.29, 1.82) is 0 Å². The highest BCUT2D eigenvalue weighted by atomic mass is 16.4. The molecule has 0 aliphatic heterocycles. The van der Waals surface area contributed by atoms with Crippen LogP contribution in [0.2, 0.25) is 0 Å². The minimum absolute atomic E-state index is 0.0878. The summed E-state index contributed by atoms with van der Waals surface area (Å²) in [6.45, 7) is 6.15. The van der Waals surface area contributed by atoms with E-state index in [1.54, 1.807) is 24.0 Å². The second-order valence-electron chi connectivity index (χ2n) is 7.16. The summed E-state index contributed by atoms with van der Waals surface area (Å²) in [5.74, 6) is -1.18. The first kappa shape index (κ1) is 19.5. The first-order chi connectivity index (χ1) is 13.3. The Balaban J connectivity index is 2.16. The average molecular weight is 380 g/mol. The van der Waals surface area contributed by atoms with Gasteiger partial charge in [-0.1, -0.05) is 24.3 Å². The number of carboxylic acids is 1. The molecule has 0 aliphatic rings. The normalized spacial score (nSPS) is 11.2. The van der Waals surface area contributed by atoms with E-state index in [0.717, 1.165) is 11.1 Å². The van der Waals surface area contributed by atoms with Gasteiger partial charge in [-0.15, -0.1) is 0 Å². The van der Waals surface area contributed by atoms with Crippen molar-refractivity contribution in [3.8, 4) is 11.3 Å². The van der Waals surface area contributed by atoms with Gasteiger partial charge in [-0.3, -0.25) is 9.59 Å². The van der Waals surface area contributed by atoms with Crippen LogP contribution in [0.3, 0.4) is 0 Å². The van der Waals surface area contributed by atoms with Crippen LogP contribution in [0, 0.1) is 6.92 Å². The minimum Gasteiger partial charge on any atom is -0.481 e. The van der Waals surface area contributed by atoms with Gasteiger partial charge in [-0.2, -0.15) is 5.10 Å². The van der Waals surface area contributed by atoms with Crippen LogP contribution in [-0.4, -0.2) is 50.2 Å². The highest BCUT2D eigenvalue weighted by Crippen LogP contribution is 2.28. The molecule has 7 heteroatoms. The van der Waals surface area contributed by atoms with Crippen LogP contribution in [0.25, 0.3) is 22.3 Å². The van der Waals surface area contributed by atoms with Gasteiger partial charge in [-0.05, 0) is 32.4 Å². The van der Waals surface area contributed by atoms with Crippen molar-refractivity contribution in [2.45, 2.75) is 33.2 Å². The number of aryl methyl sites for hydroxylation is 1. The molecular weight excluding hydrogens is 356 g/mol. The SMILES string of the molecule is Cc1ccccc1-c1cc(C(=O)N(C)CCC(=O)O)c2cnn(C(C)C)c2n1. The Hall–Kier alpha value is -3.22. The van der Waals surface area contributed by atoms with Gasteiger partial charge in [-0.25, -0.2) is 9.67 Å². The fourth-order valence-electron chi connectivity index (χ4n) is 3.14. The predicted molar refractivity (Wildman–Crippen MR) is 107 cm³/mol. The zero-order valence-corrected chi connectivity index (χ0v) is 16.5. The molecule has 1 aromatic carbocycles. The highest BCUT2D eigenvalue weighted by Gasteiger charge is 2.21. The van der Waals surface area contributed by atoms with Crippen molar-refractivity contribution in [2.75, 3.05) is 13.6 Å². The molecule has 1 amide bonds. The van der Waals surface area contributed by atoms with E-state index < -0.39 is 5.97 Å². The summed E-state index contributed by atoms with van der Waals surface area (Å²) in [6.07, 6.45) is 1.55. The molecule has 0 atom stereocenters. The third-order valence-corrected chi connectivity index (χ3v) is 4.72. The third kappa shape index (κ3) is 3.74. The molecule has 146 valence electrons. The molecule has 1 N–H and O–H groups in total. The zero-order valence-electron chi connectivity index (χ0n) is 16.5. The molecule has 3 rings (SSSR count). The number of carbonyl (C=O) groups is 2. The molecule has 0 saturated heterocycles. The molecule has 0 fully saturated rings. The highest BCUT2D eigenvalue weighted by molar-refractivity contribution is 6.06. The van der Waals surface area contributed by atoms with E-state index in [9.17, 15) is 9.59 Å². The average Bonchev–Trinajstić information content (AvgIpc) is 3.09. The number of aliphatic carboxylic acids is 1. The number of benzene rings is 1. The molecule has 0 bridgehead atoms. The molecule has 0 spiro atoms. The van der Waals surface area contributed by atoms with Crippen molar-refractivity contribution >= 4 is 22.9 Å². The van der Waals surface area contributed by atoms with E-state index in [1.807, 2.05) is 45.0 Å². The third-order valence-electron chi connectivity index (χ3n) is 4.72. The molecule has 3 aromatic rings. The van der Waals surface area contributed by atoms with Gasteiger partial charge in [0.2, 0.25) is 0 Å². The van der Waals surface area contributed by atoms with E-state index in [1.165, 1.54) is 4.90 Å². The van der Waals surface area contributed by atoms with Crippen molar-refractivity contribution < 1.29 is 14.7 Å². The van der Waals surface area contributed by atoms with E-state index in [4.69, 9.17) is 10.1 Å². The fraction of sp³-hybridized carbons (Fsp3) is 0.333. The second-order valence-corrected chi connectivity index (χ2v) is 7.16. The van der Waals surface area contributed by atoms with Crippen LogP contribution in [0.1, 0.15) is 42.2 Å². The van der Waals surface area contributed by atoms with Crippen LogP contribution < -0.4 is 0 Å². The maximum atomic E-state index is 13.1. The Morgan fingerprint density at radius 2 is 1.96 bits per heavy atom. The topological polar surface area (TPSA) is 88.3 Å². The van der Waals surface area contributed by atoms with Gasteiger partial charge in [0.25, 0.3) is 5.91 Å². The number of carbonyl (C=O) groups excluding carboxylic acids is 1. The van der Waals surface area contributed by atoms with Crippen LogP contribution in [0.15, 0.2) is 36.5 Å². The Morgan fingerprint density at radius 3 is 2.61 bits per heavy atom. The van der Waals surface area contributed by atoms with Crippen LogP contribution >= 0.6 is 0 Å². The Morgan fingerprint density at radius 1 is 1.25 bits per heavy atom. The molecule has 28 heavy (non-hydrogen) atoms. The Bertz CT molecular complexity index is 1040. The number of hydrogen-bond donors (Lipinski definition) is 1. The van der Waals surface area contributed by atoms with Crippen LogP contribution in [-0.2, 0) is 4.79 Å². The van der Waals surface area contributed by atoms with Gasteiger partial charge in [0.15, 0.2) is 5.65 Å². The molecule has 0 saturated carbocycles. The standard InChI is InChI=1S/C21H24N4O3/c1-13(2)25-20-17(12-22-25)16(21(28)24(4)10-9-19(26)27)11-18(23-20)15-8-6-5-7-14(15)3/h5-8,11-13H,9-10H2,1-4H3,(H,26,27). The van der Waals surface area contributed by atoms with E-state index >= 15 is 0 Å². The van der Waals surface area contributed by atoms with Crippen molar-refractivity contribution in [1.82, 2.24) is 19.7 Å². The fourth-order valence-corrected chi connectivity index (χ4v) is 3.14. The quantitative estimate of drug-likeness (QED) is 0.707. The van der Waals surface area contributed by atoms with Gasteiger partial charge < -0.3 is 10.0 Å². The lowest BCUT2D eigenvalue weighted by Crippen LogP contribution is -2.29. The molecule has 0 unspecified atom stereocenters. The summed E-state index contributed by atoms with van der Waals surface area (Å²) < 4.78 is 1.80. The smallest absolute Gasteiger partial charge is 0.305 e. The summed E-state index contributed by atoms with van der Waals surface area (Å²) in [5.41, 5.74) is 3.82. The number of amides is 1. The Kier molecular flexibility index (Phi) is 5.44. The van der Waals surface area contributed by atoms with Crippen molar-refractivity contribution in [3.63, 3.8) is 0 Å². The summed E-state index contributed by atoms with van der Waals surface area (Å²) >= 11 is 0. The lowest BCUT2D eigenvalue weighted by molar-refractivity contribution is -0.137. The van der Waals surface area contributed by atoms with Gasteiger partial charge in [0.1, 0.15) is 0 Å². The number of hydrogen-bond acceptors (Lipinski definition) is 4. The maximum absolute atomic E-state index is 13.1. The molecule has 2 heterocycles. The molecule has 0 radical (unpaired) electrons. The van der Waals surface area contributed by atoms with Gasteiger partial charge in [0, 0.05) is 25.2 Å². The number of nitrogens with zero attached hydrogens (tertiary/aromatic N) is 4. The largest absolute Gasteiger partial charge is 0.481 e. The number of aromatic nitrogens is 3. The number of fused-ring (bicyclic) bond motifs is 1. The maximum Gasteiger partial charge on any atom is 0.305 e. The molecule has 0 aliphatic carbocycles. The monoisotopic (exact) mass is 380 g/mol. The predicted octanol–water partition coefficient (Wildman–Crippen LogP) is 3.53. The summed E-state index contributed by atoms with van der Waals surface area (Å²) in [4.78, 5) is 30.2. The van der Waals surface area contributed by atoms with Gasteiger partial charge in [0.05, 0.1) is 29.3 Å². The van der Waals surface area contributed by atoms with E-state index in [0.29, 0.717) is 22.3 Å². The summed E-state index contributed by atoms with van der Waals surface area (Å²) in [6, 6.07) is 9.74. The Labute approximate surface area is 163 Å². The minimum atomic E-state index is -0.937. The molecule has 2 aromatic heterocycles. The molecular formula is C21H24N4O3. The second kappa shape index (κ2) is 7.80. The number of rotatable bonds is 6. The first-order valence-electron chi connectivity index (χ1n) is 9.21. The lowest BCUT2D eigenvalue weighted by Gasteiger charge is -2.18.